The van der Waals surface area contributed by atoms with Crippen molar-refractivity contribution in [2.75, 3.05) is 9.96 Å². The van der Waals surface area contributed by atoms with E-state index in [1.807, 2.05) is 6.92 Å². The molecular weight excluding hydrogens is 562 g/mol. The number of carbonyl (C=O) groups excluding carboxylic acids is 2. The van der Waals surface area contributed by atoms with Gasteiger partial charge in [0.25, 0.3) is 11.6 Å². The van der Waals surface area contributed by atoms with E-state index in [2.05, 4.69) is 0 Å². The monoisotopic (exact) mass is 585 g/mol. The summed E-state index contributed by atoms with van der Waals surface area (Å²) in [6.45, 7) is 1.89. The normalized spacial score (nSPS) is 20.1. The number of nitro benzene ring substituents is 1. The average Bonchev–Trinajstić information content (AvgIpc) is 3.50. The van der Waals surface area contributed by atoms with Crippen molar-refractivity contribution in [3.63, 3.8) is 0 Å². The Labute approximate surface area is 240 Å². The van der Waals surface area contributed by atoms with Crippen LogP contribution in [0.2, 0.25) is 0 Å². The van der Waals surface area contributed by atoms with Crippen molar-refractivity contribution < 1.29 is 32.0 Å². The van der Waals surface area contributed by atoms with Crippen LogP contribution in [0.3, 0.4) is 0 Å². The summed E-state index contributed by atoms with van der Waals surface area (Å²) >= 11 is 0. The van der Waals surface area contributed by atoms with Crippen molar-refractivity contribution in [3.8, 4) is 5.75 Å². The van der Waals surface area contributed by atoms with Crippen LogP contribution in [0.1, 0.15) is 17.2 Å². The van der Waals surface area contributed by atoms with Gasteiger partial charge in [-0.2, -0.15) is 8.42 Å². The summed E-state index contributed by atoms with van der Waals surface area (Å²) in [5.41, 5.74) is 1.95. The smallest absolute Gasteiger partial charge is 0.339 e. The van der Waals surface area contributed by atoms with Gasteiger partial charge < -0.3 is 4.18 Å². The van der Waals surface area contributed by atoms with Gasteiger partial charge in [0, 0.05) is 12.1 Å². The summed E-state index contributed by atoms with van der Waals surface area (Å²) in [6.07, 6.45) is -1.18. The minimum Gasteiger partial charge on any atom is -0.379 e. The van der Waals surface area contributed by atoms with E-state index < -0.39 is 44.9 Å². The summed E-state index contributed by atoms with van der Waals surface area (Å²) < 4.78 is 30.7. The maximum Gasteiger partial charge on any atom is 0.339 e. The number of hydrogen-bond donors (Lipinski definition) is 0. The Balaban J connectivity index is 1.37. The molecule has 0 spiro atoms. The molecule has 2 heterocycles. The van der Waals surface area contributed by atoms with E-state index in [-0.39, 0.29) is 22.0 Å². The van der Waals surface area contributed by atoms with E-state index in [0.29, 0.717) is 11.3 Å². The Morgan fingerprint density at radius 3 is 2.19 bits per heavy atom. The van der Waals surface area contributed by atoms with E-state index in [0.717, 1.165) is 10.5 Å². The first-order valence-corrected chi connectivity index (χ1v) is 14.3. The number of hydroxylamine groups is 1. The van der Waals surface area contributed by atoms with Crippen LogP contribution in [0.25, 0.3) is 0 Å². The molecule has 0 radical (unpaired) electrons. The van der Waals surface area contributed by atoms with Gasteiger partial charge in [-0.25, -0.2) is 9.96 Å². The van der Waals surface area contributed by atoms with E-state index in [4.69, 9.17) is 9.02 Å². The van der Waals surface area contributed by atoms with Crippen LogP contribution in [0, 0.1) is 23.0 Å². The minimum atomic E-state index is -4.09. The molecule has 0 aliphatic carbocycles. The zero-order chi connectivity index (χ0) is 29.6. The van der Waals surface area contributed by atoms with Gasteiger partial charge in [-0.05, 0) is 55.0 Å². The van der Waals surface area contributed by atoms with Gasteiger partial charge in [-0.3, -0.25) is 24.5 Å². The minimum absolute atomic E-state index is 0.00998. The van der Waals surface area contributed by atoms with E-state index in [1.54, 1.807) is 60.7 Å². The van der Waals surface area contributed by atoms with Crippen molar-refractivity contribution in [1.82, 2.24) is 0 Å². The Bertz CT molecular complexity index is 1790. The fourth-order valence-electron chi connectivity index (χ4n) is 5.15. The third-order valence-corrected chi connectivity index (χ3v) is 8.42. The first-order valence-electron chi connectivity index (χ1n) is 12.9. The second-order valence-corrected chi connectivity index (χ2v) is 11.4. The second-order valence-electron chi connectivity index (χ2n) is 9.87. The number of hydrogen-bond acceptors (Lipinski definition) is 9. The summed E-state index contributed by atoms with van der Waals surface area (Å²) in [4.78, 5) is 45.4. The lowest BCUT2D eigenvalue weighted by Gasteiger charge is -2.28. The Hall–Kier alpha value is -5.07. The number of benzene rings is 4. The number of aryl methyl sites for hydroxylation is 1. The molecule has 0 unspecified atom stereocenters. The predicted molar refractivity (Wildman–Crippen MR) is 151 cm³/mol. The van der Waals surface area contributed by atoms with E-state index in [9.17, 15) is 28.1 Å². The topological polar surface area (TPSA) is 136 Å². The molecule has 2 aliphatic heterocycles. The van der Waals surface area contributed by atoms with Crippen LogP contribution in [0.15, 0.2) is 108 Å². The number of imide groups is 1. The summed E-state index contributed by atoms with van der Waals surface area (Å²) in [5, 5.41) is 12.8. The number of nitro groups is 1. The molecule has 0 aromatic heterocycles. The van der Waals surface area contributed by atoms with Crippen molar-refractivity contribution in [2.45, 2.75) is 24.0 Å². The number of rotatable bonds is 7. The molecule has 4 aromatic carbocycles. The number of nitrogens with zero attached hydrogens (tertiary/aromatic N) is 3. The van der Waals surface area contributed by atoms with Crippen molar-refractivity contribution in [2.24, 2.45) is 5.92 Å². The van der Waals surface area contributed by atoms with Crippen LogP contribution in [-0.2, 0) is 24.5 Å². The fourth-order valence-corrected chi connectivity index (χ4v) is 6.10. The number of fused-ring (bicyclic) bond motifs is 1. The Morgan fingerprint density at radius 2 is 1.52 bits per heavy atom. The number of carbonyl (C=O) groups is 2. The highest BCUT2D eigenvalue weighted by Gasteiger charge is 2.60. The molecule has 3 atom stereocenters. The summed E-state index contributed by atoms with van der Waals surface area (Å²) in [5.74, 6) is -1.99. The number of amides is 2. The van der Waals surface area contributed by atoms with E-state index in [1.165, 1.54) is 47.5 Å². The van der Waals surface area contributed by atoms with Crippen LogP contribution in [0.4, 0.5) is 17.1 Å². The zero-order valence-electron chi connectivity index (χ0n) is 22.1. The van der Waals surface area contributed by atoms with Crippen molar-refractivity contribution >= 4 is 39.0 Å². The molecule has 4 aromatic rings. The maximum atomic E-state index is 13.8. The van der Waals surface area contributed by atoms with Gasteiger partial charge in [-0.1, -0.05) is 54.1 Å². The molecule has 0 N–H and O–H groups in total. The highest BCUT2D eigenvalue weighted by Crippen LogP contribution is 2.48. The van der Waals surface area contributed by atoms with Gasteiger partial charge in [0.15, 0.2) is 6.10 Å². The van der Waals surface area contributed by atoms with E-state index >= 15 is 0 Å². The second kappa shape index (κ2) is 10.4. The average molecular weight is 586 g/mol. The van der Waals surface area contributed by atoms with Gasteiger partial charge in [0.1, 0.15) is 16.6 Å². The van der Waals surface area contributed by atoms with Gasteiger partial charge in [0.05, 0.1) is 22.3 Å². The molecule has 0 saturated carbocycles. The Morgan fingerprint density at radius 1 is 0.833 bits per heavy atom. The quantitative estimate of drug-likeness (QED) is 0.131. The van der Waals surface area contributed by atoms with Gasteiger partial charge in [-0.15, -0.1) is 0 Å². The molecule has 2 saturated heterocycles. The highest BCUT2D eigenvalue weighted by atomic mass is 32.2. The first-order chi connectivity index (χ1) is 20.1. The molecule has 212 valence electrons. The Kier molecular flexibility index (Phi) is 6.71. The van der Waals surface area contributed by atoms with Crippen LogP contribution >= 0.6 is 0 Å². The molecule has 0 bridgehead atoms. The molecule has 2 aliphatic rings. The molecule has 6 rings (SSSR count). The third-order valence-electron chi connectivity index (χ3n) is 7.16. The fraction of sp³-hybridized carbons (Fsp3) is 0.133. The van der Waals surface area contributed by atoms with Gasteiger partial charge >= 0.3 is 10.1 Å². The molecular formula is C30H23N3O8S. The van der Waals surface area contributed by atoms with Crippen LogP contribution in [-0.4, -0.2) is 31.3 Å². The number of anilines is 2. The largest absolute Gasteiger partial charge is 0.379 e. The summed E-state index contributed by atoms with van der Waals surface area (Å²) in [6, 6.07) is 25.5. The lowest BCUT2D eigenvalue weighted by Crippen LogP contribution is -2.37. The lowest BCUT2D eigenvalue weighted by atomic mass is 9.90. The van der Waals surface area contributed by atoms with Gasteiger partial charge in [0.2, 0.25) is 5.91 Å². The van der Waals surface area contributed by atoms with Crippen LogP contribution in [0.5, 0.6) is 5.75 Å². The molecule has 11 nitrogen and oxygen atoms in total. The zero-order valence-corrected chi connectivity index (χ0v) is 22.9. The maximum absolute atomic E-state index is 13.8. The van der Waals surface area contributed by atoms with Crippen molar-refractivity contribution in [1.29, 1.82) is 0 Å². The SMILES string of the molecule is Cc1ccc(N2C(=O)[C@@H]3[C@H](ON(c4cccc([N+](=O)[O-])c4)[C@H]3c3ccc(OS(=O)(=O)c4ccccc4)cc3)C2=O)cc1. The molecule has 2 amide bonds. The first kappa shape index (κ1) is 27.1. The standard InChI is InChI=1S/C30H23N3O8S/c1-19-10-14-21(15-11-19)31-29(34)26-27(32(40-28(26)30(31)35)22-6-5-7-23(18-22)33(36)37)20-12-16-24(17-13-20)41-42(38,39)25-8-3-2-4-9-25/h2-18,26-28H,1H3/t26-,27-,28-/m0/s1. The third kappa shape index (κ3) is 4.76. The molecule has 2 fully saturated rings. The lowest BCUT2D eigenvalue weighted by molar-refractivity contribution is -0.384. The van der Waals surface area contributed by atoms with Crippen LogP contribution < -0.4 is 14.1 Å². The van der Waals surface area contributed by atoms with Crippen molar-refractivity contribution in [3.05, 3.63) is 124 Å². The number of non-ortho nitro benzene ring substituents is 1. The predicted octanol–water partition coefficient (Wildman–Crippen LogP) is 4.72. The molecule has 12 heteroatoms. The molecule has 42 heavy (non-hydrogen) atoms. The summed E-state index contributed by atoms with van der Waals surface area (Å²) in [7, 11) is -4.09. The highest BCUT2D eigenvalue weighted by molar-refractivity contribution is 7.87.